The smallest absolute Gasteiger partial charge is 0.309 e. The number of rotatable bonds is 6. The lowest BCUT2D eigenvalue weighted by Gasteiger charge is -2.32. The summed E-state index contributed by atoms with van der Waals surface area (Å²) in [6.45, 7) is 8.42. The first-order valence-electron chi connectivity index (χ1n) is 10.6. The fraction of sp³-hybridized carbons (Fsp3) is 0.435. The molecule has 8 heteroatoms. The van der Waals surface area contributed by atoms with Crippen molar-refractivity contribution in [3.63, 3.8) is 0 Å². The van der Waals surface area contributed by atoms with Crippen LogP contribution in [0.2, 0.25) is 5.28 Å². The summed E-state index contributed by atoms with van der Waals surface area (Å²) in [6, 6.07) is 8.13. The van der Waals surface area contributed by atoms with Gasteiger partial charge < -0.3 is 14.4 Å². The third kappa shape index (κ3) is 4.48. The van der Waals surface area contributed by atoms with Gasteiger partial charge in [-0.1, -0.05) is 12.1 Å². The Morgan fingerprint density at radius 3 is 2.52 bits per heavy atom. The summed E-state index contributed by atoms with van der Waals surface area (Å²) in [5, 5.41) is 1.26. The van der Waals surface area contributed by atoms with E-state index in [2.05, 4.69) is 33.9 Å². The van der Waals surface area contributed by atoms with E-state index in [1.807, 2.05) is 26.0 Å². The summed E-state index contributed by atoms with van der Waals surface area (Å²) >= 11 is 7.92. The van der Waals surface area contributed by atoms with Crippen molar-refractivity contribution >= 4 is 44.9 Å². The molecule has 0 N–H and O–H groups in total. The number of esters is 1. The number of nitrogens with zero attached hydrogens (tertiary/aromatic N) is 3. The third-order valence-corrected chi connectivity index (χ3v) is 6.72. The molecule has 0 aliphatic carbocycles. The molecule has 3 heterocycles. The Morgan fingerprint density at radius 1 is 1.16 bits per heavy atom. The molecule has 6 nitrogen and oxygen atoms in total. The average Bonchev–Trinajstić information content (AvgIpc) is 3.09. The first-order chi connectivity index (χ1) is 15.0. The summed E-state index contributed by atoms with van der Waals surface area (Å²) < 4.78 is 10.8. The van der Waals surface area contributed by atoms with E-state index in [9.17, 15) is 4.79 Å². The van der Waals surface area contributed by atoms with Gasteiger partial charge in [0.05, 0.1) is 24.5 Å². The van der Waals surface area contributed by atoms with Crippen LogP contribution in [0.4, 0.5) is 5.82 Å². The highest BCUT2D eigenvalue weighted by atomic mass is 35.5. The van der Waals surface area contributed by atoms with Crippen LogP contribution in [-0.4, -0.2) is 42.2 Å². The largest absolute Gasteiger partial charge is 0.494 e. The first kappa shape index (κ1) is 21.8. The van der Waals surface area contributed by atoms with Gasteiger partial charge in [0.15, 0.2) is 0 Å². The monoisotopic (exact) mass is 459 g/mol. The summed E-state index contributed by atoms with van der Waals surface area (Å²) in [5.41, 5.74) is 2.23. The standard InChI is InChI=1S/C23H26ClN3O3S/c1-4-29-17-8-6-15(7-9-17)18-14(3)31-21-19(18)20(25-23(24)26-21)27-12-10-16(11-13-27)22(28)30-5-2/h6-9,16H,4-5,10-13H2,1-3H3. The SMILES string of the molecule is CCOC(=O)C1CCN(c2nc(Cl)nc3sc(C)c(-c4ccc(OCC)cc4)c23)CC1. The highest BCUT2D eigenvalue weighted by molar-refractivity contribution is 7.19. The number of ether oxygens (including phenoxy) is 2. The van der Waals surface area contributed by atoms with E-state index in [4.69, 9.17) is 21.1 Å². The third-order valence-electron chi connectivity index (χ3n) is 5.55. The fourth-order valence-electron chi connectivity index (χ4n) is 4.12. The van der Waals surface area contributed by atoms with Crippen LogP contribution < -0.4 is 9.64 Å². The number of aromatic nitrogens is 2. The minimum absolute atomic E-state index is 0.0567. The highest BCUT2D eigenvalue weighted by Gasteiger charge is 2.29. The van der Waals surface area contributed by atoms with Crippen LogP contribution in [0.15, 0.2) is 24.3 Å². The molecule has 1 aromatic carbocycles. The quantitative estimate of drug-likeness (QED) is 0.358. The summed E-state index contributed by atoms with van der Waals surface area (Å²) in [5.74, 6) is 1.53. The number of aryl methyl sites for hydroxylation is 1. The van der Waals surface area contributed by atoms with E-state index in [0.29, 0.717) is 13.2 Å². The molecule has 0 unspecified atom stereocenters. The second-order valence-corrected chi connectivity index (χ2v) is 9.04. The molecular weight excluding hydrogens is 434 g/mol. The molecule has 1 aliphatic rings. The highest BCUT2D eigenvalue weighted by Crippen LogP contribution is 2.43. The molecular formula is C23H26ClN3O3S. The predicted molar refractivity (Wildman–Crippen MR) is 125 cm³/mol. The van der Waals surface area contributed by atoms with Gasteiger partial charge >= 0.3 is 5.97 Å². The summed E-state index contributed by atoms with van der Waals surface area (Å²) in [7, 11) is 0. The van der Waals surface area contributed by atoms with E-state index >= 15 is 0 Å². The average molecular weight is 460 g/mol. The molecule has 31 heavy (non-hydrogen) atoms. The zero-order valence-corrected chi connectivity index (χ0v) is 19.6. The Bertz CT molecular complexity index is 1080. The van der Waals surface area contributed by atoms with Gasteiger partial charge in [0.2, 0.25) is 5.28 Å². The fourth-order valence-corrected chi connectivity index (χ4v) is 5.37. The van der Waals surface area contributed by atoms with Crippen molar-refractivity contribution in [1.82, 2.24) is 9.97 Å². The number of piperidine rings is 1. The number of thiophene rings is 1. The zero-order chi connectivity index (χ0) is 22.0. The van der Waals surface area contributed by atoms with E-state index < -0.39 is 0 Å². The Kier molecular flexibility index (Phi) is 6.62. The van der Waals surface area contributed by atoms with Crippen molar-refractivity contribution in [3.8, 4) is 16.9 Å². The maximum Gasteiger partial charge on any atom is 0.309 e. The Morgan fingerprint density at radius 2 is 1.87 bits per heavy atom. The van der Waals surface area contributed by atoms with E-state index in [1.54, 1.807) is 11.3 Å². The van der Waals surface area contributed by atoms with Gasteiger partial charge in [-0.2, -0.15) is 4.98 Å². The molecule has 0 amide bonds. The molecule has 0 saturated carbocycles. The Hall–Kier alpha value is -2.38. The number of anilines is 1. The lowest BCUT2D eigenvalue weighted by atomic mass is 9.96. The van der Waals surface area contributed by atoms with Crippen molar-refractivity contribution in [2.75, 3.05) is 31.2 Å². The molecule has 3 aromatic rings. The van der Waals surface area contributed by atoms with Crippen molar-refractivity contribution in [2.24, 2.45) is 5.92 Å². The summed E-state index contributed by atoms with van der Waals surface area (Å²) in [6.07, 6.45) is 1.48. The van der Waals surface area contributed by atoms with Crippen LogP contribution >= 0.6 is 22.9 Å². The Balaban J connectivity index is 1.70. The van der Waals surface area contributed by atoms with Crippen LogP contribution in [0.1, 0.15) is 31.6 Å². The van der Waals surface area contributed by atoms with Crippen LogP contribution in [-0.2, 0) is 9.53 Å². The second kappa shape index (κ2) is 9.40. The van der Waals surface area contributed by atoms with E-state index in [-0.39, 0.29) is 17.2 Å². The molecule has 0 spiro atoms. The minimum atomic E-state index is -0.102. The second-order valence-electron chi connectivity index (χ2n) is 7.50. The maximum atomic E-state index is 12.1. The molecule has 1 fully saturated rings. The van der Waals surface area contributed by atoms with Crippen LogP contribution in [0.25, 0.3) is 21.3 Å². The summed E-state index contributed by atoms with van der Waals surface area (Å²) in [4.78, 5) is 25.5. The van der Waals surface area contributed by atoms with E-state index in [1.165, 1.54) is 4.88 Å². The topological polar surface area (TPSA) is 64.5 Å². The number of benzene rings is 1. The number of hydrogen-bond acceptors (Lipinski definition) is 7. The molecule has 1 aliphatic heterocycles. The molecule has 0 radical (unpaired) electrons. The molecule has 2 aromatic heterocycles. The number of hydrogen-bond donors (Lipinski definition) is 0. The van der Waals surface area contributed by atoms with E-state index in [0.717, 1.165) is 58.8 Å². The number of carbonyl (C=O) groups excluding carboxylic acids is 1. The predicted octanol–water partition coefficient (Wildman–Crippen LogP) is 5.50. The minimum Gasteiger partial charge on any atom is -0.494 e. The van der Waals surface area contributed by atoms with Gasteiger partial charge in [-0.15, -0.1) is 11.3 Å². The van der Waals surface area contributed by atoms with Crippen LogP contribution in [0.3, 0.4) is 0 Å². The van der Waals surface area contributed by atoms with Gasteiger partial charge in [0.1, 0.15) is 16.4 Å². The number of fused-ring (bicyclic) bond motifs is 1. The van der Waals surface area contributed by atoms with Crippen molar-refractivity contribution in [3.05, 3.63) is 34.4 Å². The molecule has 0 atom stereocenters. The van der Waals surface area contributed by atoms with Gasteiger partial charge in [0.25, 0.3) is 0 Å². The zero-order valence-electron chi connectivity index (χ0n) is 18.0. The lowest BCUT2D eigenvalue weighted by Crippen LogP contribution is -2.37. The van der Waals surface area contributed by atoms with Gasteiger partial charge in [0, 0.05) is 23.5 Å². The van der Waals surface area contributed by atoms with Crippen molar-refractivity contribution in [1.29, 1.82) is 0 Å². The number of carbonyl (C=O) groups is 1. The van der Waals surface area contributed by atoms with Crippen molar-refractivity contribution in [2.45, 2.75) is 33.6 Å². The van der Waals surface area contributed by atoms with Crippen LogP contribution in [0.5, 0.6) is 5.75 Å². The van der Waals surface area contributed by atoms with Gasteiger partial charge in [-0.05, 0) is 62.9 Å². The van der Waals surface area contributed by atoms with Crippen LogP contribution in [0, 0.1) is 12.8 Å². The Labute approximate surface area is 191 Å². The number of halogens is 1. The molecule has 4 rings (SSSR count). The molecule has 164 valence electrons. The lowest BCUT2D eigenvalue weighted by molar-refractivity contribution is -0.148. The normalized spacial score (nSPS) is 14.8. The maximum absolute atomic E-state index is 12.1. The molecule has 0 bridgehead atoms. The van der Waals surface area contributed by atoms with Gasteiger partial charge in [-0.25, -0.2) is 4.98 Å². The molecule has 1 saturated heterocycles. The first-order valence-corrected chi connectivity index (χ1v) is 11.8. The van der Waals surface area contributed by atoms with Gasteiger partial charge in [-0.3, -0.25) is 4.79 Å². The van der Waals surface area contributed by atoms with Crippen molar-refractivity contribution < 1.29 is 14.3 Å².